The van der Waals surface area contributed by atoms with Crippen LogP contribution in [0.2, 0.25) is 0 Å². The number of guanidine groups is 1. The molecule has 1 aromatic heterocycles. The first kappa shape index (κ1) is 23.3. The molecule has 0 bridgehead atoms. The lowest BCUT2D eigenvalue weighted by molar-refractivity contribution is 0.303. The molecule has 1 unspecified atom stereocenters. The van der Waals surface area contributed by atoms with Gasteiger partial charge in [-0.2, -0.15) is 0 Å². The highest BCUT2D eigenvalue weighted by atomic mass is 127. The first-order chi connectivity index (χ1) is 13.7. The van der Waals surface area contributed by atoms with Crippen molar-refractivity contribution in [1.82, 2.24) is 25.1 Å². The van der Waals surface area contributed by atoms with Gasteiger partial charge < -0.3 is 20.0 Å². The highest BCUT2D eigenvalue weighted by Gasteiger charge is 2.22. The monoisotopic (exact) mass is 509 g/mol. The van der Waals surface area contributed by atoms with Crippen LogP contribution >= 0.6 is 24.0 Å². The minimum absolute atomic E-state index is 0. The molecule has 0 saturated carbocycles. The van der Waals surface area contributed by atoms with Crippen molar-refractivity contribution >= 4 is 35.9 Å². The molecule has 1 aliphatic heterocycles. The lowest BCUT2D eigenvalue weighted by Gasteiger charge is -2.36. The van der Waals surface area contributed by atoms with Crippen molar-refractivity contribution < 1.29 is 0 Å². The first-order valence-electron chi connectivity index (χ1n) is 9.95. The van der Waals surface area contributed by atoms with Crippen LogP contribution in [0.5, 0.6) is 0 Å². The van der Waals surface area contributed by atoms with Crippen LogP contribution in [0, 0.1) is 0 Å². The Hall–Kier alpha value is -1.94. The number of hydrogen-bond acceptors (Lipinski definition) is 5. The predicted molar refractivity (Wildman–Crippen MR) is 130 cm³/mol. The fourth-order valence-electron chi connectivity index (χ4n) is 3.41. The summed E-state index contributed by atoms with van der Waals surface area (Å²) in [6, 6.07) is 12.7. The van der Waals surface area contributed by atoms with E-state index in [0.29, 0.717) is 0 Å². The molecule has 2 aromatic rings. The van der Waals surface area contributed by atoms with Crippen molar-refractivity contribution in [2.75, 3.05) is 58.3 Å². The summed E-state index contributed by atoms with van der Waals surface area (Å²) in [6.45, 7) is 7.29. The van der Waals surface area contributed by atoms with Crippen LogP contribution in [0.4, 0.5) is 5.95 Å². The molecule has 1 saturated heterocycles. The number of aliphatic imine (C=N–C) groups is 1. The van der Waals surface area contributed by atoms with Crippen molar-refractivity contribution in [2.24, 2.45) is 4.99 Å². The van der Waals surface area contributed by atoms with Gasteiger partial charge in [-0.25, -0.2) is 9.97 Å². The van der Waals surface area contributed by atoms with Crippen LogP contribution < -0.4 is 10.2 Å². The molecular formula is C21H32IN7. The standard InChI is InChI=1S/C21H31N7.HI/c1-4-22-20(25-17-19(26(2)3)18-9-6-5-7-10-18)27-13-15-28(16-14-27)21-23-11-8-12-24-21;/h5-12,19H,4,13-17H2,1-3H3,(H,22,25);1H. The van der Waals surface area contributed by atoms with Crippen molar-refractivity contribution in [3.63, 3.8) is 0 Å². The van der Waals surface area contributed by atoms with Crippen LogP contribution in [0.1, 0.15) is 18.5 Å². The van der Waals surface area contributed by atoms with Crippen LogP contribution in [-0.2, 0) is 0 Å². The number of nitrogens with one attached hydrogen (secondary N) is 1. The summed E-state index contributed by atoms with van der Waals surface area (Å²) in [4.78, 5) is 20.5. The summed E-state index contributed by atoms with van der Waals surface area (Å²) in [5.74, 6) is 1.79. The molecule has 158 valence electrons. The Labute approximate surface area is 191 Å². The van der Waals surface area contributed by atoms with E-state index in [1.165, 1.54) is 5.56 Å². The van der Waals surface area contributed by atoms with Gasteiger partial charge >= 0.3 is 0 Å². The maximum atomic E-state index is 4.97. The maximum Gasteiger partial charge on any atom is 0.225 e. The van der Waals surface area contributed by atoms with Crippen LogP contribution in [0.15, 0.2) is 53.8 Å². The lowest BCUT2D eigenvalue weighted by Crippen LogP contribution is -2.53. The predicted octanol–water partition coefficient (Wildman–Crippen LogP) is 2.49. The number of aromatic nitrogens is 2. The lowest BCUT2D eigenvalue weighted by atomic mass is 10.1. The first-order valence-corrected chi connectivity index (χ1v) is 9.95. The van der Waals surface area contributed by atoms with Crippen molar-refractivity contribution in [3.8, 4) is 0 Å². The van der Waals surface area contributed by atoms with Gasteiger partial charge in [0.05, 0.1) is 12.6 Å². The molecule has 0 amide bonds. The molecule has 0 spiro atoms. The zero-order valence-electron chi connectivity index (χ0n) is 17.5. The number of anilines is 1. The smallest absolute Gasteiger partial charge is 0.225 e. The van der Waals surface area contributed by atoms with E-state index in [-0.39, 0.29) is 30.0 Å². The average Bonchev–Trinajstić information content (AvgIpc) is 2.74. The van der Waals surface area contributed by atoms with Gasteiger partial charge in [-0.05, 0) is 32.6 Å². The molecule has 1 fully saturated rings. The van der Waals surface area contributed by atoms with E-state index in [0.717, 1.165) is 51.2 Å². The Kier molecular flexibility index (Phi) is 9.59. The number of rotatable bonds is 6. The highest BCUT2D eigenvalue weighted by Crippen LogP contribution is 2.18. The minimum atomic E-state index is 0. The van der Waals surface area contributed by atoms with Gasteiger partial charge in [0.25, 0.3) is 0 Å². The molecular weight excluding hydrogens is 477 g/mol. The van der Waals surface area contributed by atoms with Gasteiger partial charge in [0.2, 0.25) is 5.95 Å². The van der Waals surface area contributed by atoms with Gasteiger partial charge in [0.1, 0.15) is 0 Å². The number of nitrogens with zero attached hydrogens (tertiary/aromatic N) is 6. The van der Waals surface area contributed by atoms with Crippen molar-refractivity contribution in [1.29, 1.82) is 0 Å². The van der Waals surface area contributed by atoms with Gasteiger partial charge in [-0.1, -0.05) is 30.3 Å². The molecule has 2 heterocycles. The summed E-state index contributed by atoms with van der Waals surface area (Å²) in [5.41, 5.74) is 1.29. The number of benzene rings is 1. The summed E-state index contributed by atoms with van der Waals surface area (Å²) in [5, 5.41) is 3.46. The molecule has 8 heteroatoms. The van der Waals surface area contributed by atoms with Gasteiger partial charge in [0.15, 0.2) is 5.96 Å². The third-order valence-electron chi connectivity index (χ3n) is 4.97. The summed E-state index contributed by atoms with van der Waals surface area (Å²) in [6.07, 6.45) is 3.59. The second kappa shape index (κ2) is 11.9. The molecule has 29 heavy (non-hydrogen) atoms. The van der Waals surface area contributed by atoms with Gasteiger partial charge in [-0.3, -0.25) is 4.99 Å². The van der Waals surface area contributed by atoms with Crippen LogP contribution in [-0.4, -0.2) is 79.1 Å². The van der Waals surface area contributed by atoms with Crippen LogP contribution in [0.25, 0.3) is 0 Å². The quantitative estimate of drug-likeness (QED) is 0.367. The molecule has 0 radical (unpaired) electrons. The third-order valence-corrected chi connectivity index (χ3v) is 4.97. The number of piperazine rings is 1. The summed E-state index contributed by atoms with van der Waals surface area (Å²) in [7, 11) is 4.22. The SMILES string of the molecule is CCNC(=NCC(c1ccccc1)N(C)C)N1CCN(c2ncccn2)CC1.I. The summed E-state index contributed by atoms with van der Waals surface area (Å²) < 4.78 is 0. The zero-order chi connectivity index (χ0) is 19.8. The topological polar surface area (TPSA) is 59.9 Å². The molecule has 1 atom stereocenters. The Morgan fingerprint density at radius 1 is 1.07 bits per heavy atom. The van der Waals surface area contributed by atoms with E-state index in [9.17, 15) is 0 Å². The summed E-state index contributed by atoms with van der Waals surface area (Å²) >= 11 is 0. The largest absolute Gasteiger partial charge is 0.357 e. The average molecular weight is 509 g/mol. The Balaban J connectivity index is 0.00000300. The minimum Gasteiger partial charge on any atom is -0.357 e. The van der Waals surface area contributed by atoms with E-state index in [1.807, 2.05) is 6.07 Å². The zero-order valence-corrected chi connectivity index (χ0v) is 19.9. The Bertz CT molecular complexity index is 731. The fraction of sp³-hybridized carbons (Fsp3) is 0.476. The molecule has 7 nitrogen and oxygen atoms in total. The molecule has 3 rings (SSSR count). The molecule has 1 aromatic carbocycles. The third kappa shape index (κ3) is 6.53. The second-order valence-electron chi connectivity index (χ2n) is 7.11. The van der Waals surface area contributed by atoms with Gasteiger partial charge in [0, 0.05) is 45.1 Å². The second-order valence-corrected chi connectivity index (χ2v) is 7.11. The fourth-order valence-corrected chi connectivity index (χ4v) is 3.41. The maximum absolute atomic E-state index is 4.97. The number of hydrogen-bond donors (Lipinski definition) is 1. The van der Waals surface area contributed by atoms with E-state index in [4.69, 9.17) is 4.99 Å². The van der Waals surface area contributed by atoms with Crippen molar-refractivity contribution in [2.45, 2.75) is 13.0 Å². The highest BCUT2D eigenvalue weighted by molar-refractivity contribution is 14.0. The van der Waals surface area contributed by atoms with Crippen molar-refractivity contribution in [3.05, 3.63) is 54.4 Å². The molecule has 0 aliphatic carbocycles. The normalized spacial score (nSPS) is 15.8. The van der Waals surface area contributed by atoms with E-state index in [2.05, 4.69) is 81.3 Å². The Morgan fingerprint density at radius 3 is 2.31 bits per heavy atom. The number of halogens is 1. The number of likely N-dealkylation sites (N-methyl/N-ethyl adjacent to an activating group) is 1. The van der Waals surface area contributed by atoms with E-state index < -0.39 is 0 Å². The van der Waals surface area contributed by atoms with E-state index >= 15 is 0 Å². The molecule has 1 aliphatic rings. The Morgan fingerprint density at radius 2 is 1.72 bits per heavy atom. The van der Waals surface area contributed by atoms with Crippen LogP contribution in [0.3, 0.4) is 0 Å². The van der Waals surface area contributed by atoms with Gasteiger partial charge in [-0.15, -0.1) is 24.0 Å². The molecule has 1 N–H and O–H groups in total. The van der Waals surface area contributed by atoms with E-state index in [1.54, 1.807) is 12.4 Å².